The Morgan fingerprint density at radius 1 is 1.19 bits per heavy atom. The molecule has 0 saturated heterocycles. The fourth-order valence-electron chi connectivity index (χ4n) is 1.55. The second-order valence-electron chi connectivity index (χ2n) is 4.15. The van der Waals surface area contributed by atoms with E-state index in [1.807, 2.05) is 0 Å². The number of rotatable bonds is 4. The number of benzene rings is 2. The van der Waals surface area contributed by atoms with E-state index in [4.69, 9.17) is 17.3 Å². The molecular formula is C14H11ClF2N2OS. The van der Waals surface area contributed by atoms with Gasteiger partial charge in [-0.3, -0.25) is 4.79 Å². The zero-order chi connectivity index (χ0) is 15.4. The van der Waals surface area contributed by atoms with Gasteiger partial charge in [-0.2, -0.15) is 0 Å². The van der Waals surface area contributed by atoms with Crippen LogP contribution in [-0.4, -0.2) is 11.7 Å². The van der Waals surface area contributed by atoms with E-state index in [1.165, 1.54) is 17.8 Å². The van der Waals surface area contributed by atoms with Crippen LogP contribution in [0.15, 0.2) is 41.3 Å². The Bertz CT molecular complexity index is 682. The Morgan fingerprint density at radius 2 is 1.95 bits per heavy atom. The van der Waals surface area contributed by atoms with Crippen LogP contribution in [0.4, 0.5) is 20.2 Å². The van der Waals surface area contributed by atoms with Crippen molar-refractivity contribution < 1.29 is 13.6 Å². The second kappa shape index (κ2) is 6.78. The highest BCUT2D eigenvalue weighted by Gasteiger charge is 2.08. The number of anilines is 2. The molecule has 7 heteroatoms. The van der Waals surface area contributed by atoms with Crippen molar-refractivity contribution in [1.82, 2.24) is 0 Å². The summed E-state index contributed by atoms with van der Waals surface area (Å²) in [6, 6.07) is 8.13. The molecule has 3 nitrogen and oxygen atoms in total. The maximum Gasteiger partial charge on any atom is 0.234 e. The van der Waals surface area contributed by atoms with Crippen LogP contribution >= 0.6 is 23.4 Å². The first-order valence-corrected chi connectivity index (χ1v) is 7.25. The summed E-state index contributed by atoms with van der Waals surface area (Å²) < 4.78 is 25.8. The molecule has 3 N–H and O–H groups in total. The Balaban J connectivity index is 1.95. The summed E-state index contributed by atoms with van der Waals surface area (Å²) in [4.78, 5) is 12.4. The lowest BCUT2D eigenvalue weighted by Crippen LogP contribution is -2.14. The van der Waals surface area contributed by atoms with Gasteiger partial charge in [0.05, 0.1) is 5.75 Å². The molecule has 110 valence electrons. The maximum absolute atomic E-state index is 13.0. The fraction of sp³-hybridized carbons (Fsp3) is 0.0714. The highest BCUT2D eigenvalue weighted by Crippen LogP contribution is 2.28. The van der Waals surface area contributed by atoms with Gasteiger partial charge in [-0.1, -0.05) is 11.6 Å². The fourth-order valence-corrected chi connectivity index (χ4v) is 2.59. The third kappa shape index (κ3) is 4.34. The lowest BCUT2D eigenvalue weighted by Gasteiger charge is -2.07. The molecule has 0 aromatic heterocycles. The number of hydrogen-bond donors (Lipinski definition) is 2. The summed E-state index contributed by atoms with van der Waals surface area (Å²) in [5, 5.41) is 3.00. The minimum absolute atomic E-state index is 0.0730. The van der Waals surface area contributed by atoms with Gasteiger partial charge in [-0.25, -0.2) is 8.78 Å². The van der Waals surface area contributed by atoms with E-state index in [-0.39, 0.29) is 17.3 Å². The Hall–Kier alpha value is -1.79. The first-order chi connectivity index (χ1) is 9.95. The van der Waals surface area contributed by atoms with E-state index >= 15 is 0 Å². The van der Waals surface area contributed by atoms with Gasteiger partial charge in [0, 0.05) is 27.4 Å². The van der Waals surface area contributed by atoms with Crippen molar-refractivity contribution >= 4 is 40.6 Å². The molecule has 0 bridgehead atoms. The van der Waals surface area contributed by atoms with Crippen LogP contribution in [0.25, 0.3) is 0 Å². The molecule has 0 fully saturated rings. The topological polar surface area (TPSA) is 55.1 Å². The molecule has 0 radical (unpaired) electrons. The number of nitrogens with two attached hydrogens (primary N) is 1. The normalized spacial score (nSPS) is 10.4. The van der Waals surface area contributed by atoms with Crippen molar-refractivity contribution in [3.8, 4) is 0 Å². The second-order valence-corrected chi connectivity index (χ2v) is 5.60. The number of amides is 1. The smallest absolute Gasteiger partial charge is 0.234 e. The van der Waals surface area contributed by atoms with Gasteiger partial charge in [-0.15, -0.1) is 11.8 Å². The molecule has 1 amide bonds. The lowest BCUT2D eigenvalue weighted by molar-refractivity contribution is -0.113. The summed E-state index contributed by atoms with van der Waals surface area (Å²) in [7, 11) is 0. The van der Waals surface area contributed by atoms with Crippen molar-refractivity contribution in [1.29, 1.82) is 0 Å². The predicted molar refractivity (Wildman–Crippen MR) is 81.6 cm³/mol. The first kappa shape index (κ1) is 15.6. The van der Waals surface area contributed by atoms with Crippen molar-refractivity contribution in [3.63, 3.8) is 0 Å². The van der Waals surface area contributed by atoms with Crippen LogP contribution in [0.3, 0.4) is 0 Å². The number of thioether (sulfide) groups is 1. The number of halogens is 3. The maximum atomic E-state index is 13.0. The quantitative estimate of drug-likeness (QED) is 0.660. The molecule has 21 heavy (non-hydrogen) atoms. The highest BCUT2D eigenvalue weighted by molar-refractivity contribution is 8.00. The van der Waals surface area contributed by atoms with Crippen molar-refractivity contribution in [2.24, 2.45) is 0 Å². The van der Waals surface area contributed by atoms with Gasteiger partial charge in [-0.05, 0) is 30.3 Å². The molecule has 0 saturated carbocycles. The molecule has 2 rings (SSSR count). The van der Waals surface area contributed by atoms with Gasteiger partial charge in [0.1, 0.15) is 0 Å². The van der Waals surface area contributed by atoms with E-state index < -0.39 is 11.6 Å². The third-order valence-electron chi connectivity index (χ3n) is 2.54. The average molecular weight is 329 g/mol. The molecule has 2 aromatic carbocycles. The van der Waals surface area contributed by atoms with E-state index in [2.05, 4.69) is 5.32 Å². The van der Waals surface area contributed by atoms with E-state index in [0.717, 1.165) is 12.1 Å². The zero-order valence-electron chi connectivity index (χ0n) is 10.7. The standard InChI is InChI=1S/C14H11ClF2N2OS/c15-8-1-4-12(18)13(5-8)21-7-14(20)19-9-2-3-10(16)11(17)6-9/h1-6H,7,18H2,(H,19,20). The van der Waals surface area contributed by atoms with Gasteiger partial charge >= 0.3 is 0 Å². The van der Waals surface area contributed by atoms with E-state index in [0.29, 0.717) is 15.6 Å². The molecule has 0 spiro atoms. The summed E-state index contributed by atoms with van der Waals surface area (Å²) in [6.07, 6.45) is 0. The number of carbonyl (C=O) groups is 1. The van der Waals surface area contributed by atoms with Crippen LogP contribution in [0.2, 0.25) is 5.02 Å². The van der Waals surface area contributed by atoms with Crippen molar-refractivity contribution in [2.75, 3.05) is 16.8 Å². The first-order valence-electron chi connectivity index (χ1n) is 5.88. The number of hydrogen-bond acceptors (Lipinski definition) is 3. The molecule has 0 heterocycles. The van der Waals surface area contributed by atoms with Crippen molar-refractivity contribution in [2.45, 2.75) is 4.90 Å². The monoisotopic (exact) mass is 328 g/mol. The van der Waals surface area contributed by atoms with Gasteiger partial charge in [0.15, 0.2) is 11.6 Å². The van der Waals surface area contributed by atoms with Crippen LogP contribution in [0.5, 0.6) is 0 Å². The van der Waals surface area contributed by atoms with E-state index in [1.54, 1.807) is 18.2 Å². The Morgan fingerprint density at radius 3 is 2.67 bits per heavy atom. The van der Waals surface area contributed by atoms with Gasteiger partial charge < -0.3 is 11.1 Å². The Labute approximate surface area is 129 Å². The number of carbonyl (C=O) groups excluding carboxylic acids is 1. The summed E-state index contributed by atoms with van der Waals surface area (Å²) in [5.41, 5.74) is 6.47. The summed E-state index contributed by atoms with van der Waals surface area (Å²) in [5.74, 6) is -2.26. The van der Waals surface area contributed by atoms with Crippen molar-refractivity contribution in [3.05, 3.63) is 53.1 Å². The minimum atomic E-state index is -1.01. The molecule has 0 aliphatic carbocycles. The molecule has 0 unspecified atom stereocenters. The zero-order valence-corrected chi connectivity index (χ0v) is 12.3. The molecule has 0 aliphatic rings. The highest BCUT2D eigenvalue weighted by atomic mass is 35.5. The van der Waals surface area contributed by atoms with Crippen LogP contribution in [-0.2, 0) is 4.79 Å². The molecule has 0 aliphatic heterocycles. The molecular weight excluding hydrogens is 318 g/mol. The minimum Gasteiger partial charge on any atom is -0.398 e. The number of nitrogens with one attached hydrogen (secondary N) is 1. The van der Waals surface area contributed by atoms with Gasteiger partial charge in [0.25, 0.3) is 0 Å². The number of nitrogen functional groups attached to an aromatic ring is 1. The predicted octanol–water partition coefficient (Wildman–Crippen LogP) is 3.93. The Kier molecular flexibility index (Phi) is 5.03. The average Bonchev–Trinajstić information content (AvgIpc) is 2.44. The summed E-state index contributed by atoms with van der Waals surface area (Å²) in [6.45, 7) is 0. The molecule has 0 atom stereocenters. The lowest BCUT2D eigenvalue weighted by atomic mass is 10.3. The van der Waals surface area contributed by atoms with E-state index in [9.17, 15) is 13.6 Å². The van der Waals surface area contributed by atoms with Gasteiger partial charge in [0.2, 0.25) is 5.91 Å². The largest absolute Gasteiger partial charge is 0.398 e. The third-order valence-corrected chi connectivity index (χ3v) is 3.84. The van der Waals surface area contributed by atoms with Crippen LogP contribution in [0.1, 0.15) is 0 Å². The molecule has 2 aromatic rings. The van der Waals surface area contributed by atoms with Crippen LogP contribution in [0, 0.1) is 11.6 Å². The van der Waals surface area contributed by atoms with Crippen LogP contribution < -0.4 is 11.1 Å². The summed E-state index contributed by atoms with van der Waals surface area (Å²) >= 11 is 7.05. The SMILES string of the molecule is Nc1ccc(Cl)cc1SCC(=O)Nc1ccc(F)c(F)c1.